The summed E-state index contributed by atoms with van der Waals surface area (Å²) in [4.78, 5) is 8.47. The Labute approximate surface area is 96.3 Å². The van der Waals surface area contributed by atoms with Crippen molar-refractivity contribution in [3.05, 3.63) is 36.8 Å². The third kappa shape index (κ3) is 1.98. The molecule has 3 aromatic rings. The zero-order valence-corrected chi connectivity index (χ0v) is 8.75. The average Bonchev–Trinajstić information content (AvgIpc) is 3.01. The van der Waals surface area contributed by atoms with Gasteiger partial charge in [-0.2, -0.15) is 10.2 Å². The topological polar surface area (TPSA) is 95.2 Å². The average molecular weight is 227 g/mol. The summed E-state index contributed by atoms with van der Waals surface area (Å²) in [6.07, 6.45) is 5.02. The second kappa shape index (κ2) is 4.05. The lowest BCUT2D eigenvalue weighted by Crippen LogP contribution is -1.98. The predicted octanol–water partition coefficient (Wildman–Crippen LogP) is 1.33. The van der Waals surface area contributed by atoms with Gasteiger partial charge in [-0.3, -0.25) is 10.2 Å². The van der Waals surface area contributed by atoms with Crippen LogP contribution >= 0.6 is 0 Å². The number of hydrogen-bond acceptors (Lipinski definition) is 5. The van der Waals surface area contributed by atoms with Gasteiger partial charge in [-0.15, -0.1) is 0 Å². The van der Waals surface area contributed by atoms with Gasteiger partial charge in [-0.25, -0.2) is 9.97 Å². The molecule has 0 amide bonds. The van der Waals surface area contributed by atoms with Crippen molar-refractivity contribution in [3.8, 4) is 11.4 Å². The van der Waals surface area contributed by atoms with E-state index in [0.717, 1.165) is 17.2 Å². The fraction of sp³-hybridized carbons (Fsp3) is 0. The molecule has 0 radical (unpaired) electrons. The number of H-pyrrole nitrogens is 2. The molecule has 0 fully saturated rings. The van der Waals surface area contributed by atoms with Crippen molar-refractivity contribution in [2.24, 2.45) is 0 Å². The number of nitrogens with zero attached hydrogens (tertiary/aromatic N) is 4. The minimum atomic E-state index is 0.501. The van der Waals surface area contributed by atoms with Crippen molar-refractivity contribution in [2.75, 3.05) is 5.32 Å². The van der Waals surface area contributed by atoms with Crippen LogP contribution in [0.15, 0.2) is 36.8 Å². The van der Waals surface area contributed by atoms with Crippen LogP contribution in [0.25, 0.3) is 11.4 Å². The molecule has 17 heavy (non-hydrogen) atoms. The molecule has 0 aromatic carbocycles. The summed E-state index contributed by atoms with van der Waals surface area (Å²) in [5.41, 5.74) is 1.62. The minimum absolute atomic E-state index is 0.501. The quantitative estimate of drug-likeness (QED) is 0.627. The Morgan fingerprint density at radius 1 is 0.941 bits per heavy atom. The van der Waals surface area contributed by atoms with Crippen molar-refractivity contribution in [1.29, 1.82) is 0 Å². The molecule has 0 aliphatic carbocycles. The predicted molar refractivity (Wildman–Crippen MR) is 61.5 cm³/mol. The van der Waals surface area contributed by atoms with Gasteiger partial charge in [0.05, 0.1) is 17.6 Å². The maximum atomic E-state index is 4.35. The molecule has 0 atom stereocenters. The van der Waals surface area contributed by atoms with Crippen LogP contribution in [0.5, 0.6) is 0 Å². The van der Waals surface area contributed by atoms with Gasteiger partial charge in [0.25, 0.3) is 0 Å². The maximum Gasteiger partial charge on any atom is 0.228 e. The monoisotopic (exact) mass is 227 g/mol. The number of nitrogens with one attached hydrogen (secondary N) is 3. The van der Waals surface area contributed by atoms with E-state index in [2.05, 4.69) is 35.7 Å². The first kappa shape index (κ1) is 9.52. The fourth-order valence-corrected chi connectivity index (χ4v) is 1.41. The Balaban J connectivity index is 1.89. The van der Waals surface area contributed by atoms with E-state index in [1.54, 1.807) is 24.7 Å². The van der Waals surface area contributed by atoms with Gasteiger partial charge in [-0.05, 0) is 12.1 Å². The van der Waals surface area contributed by atoms with Gasteiger partial charge in [0.2, 0.25) is 5.95 Å². The van der Waals surface area contributed by atoms with Crippen LogP contribution in [0.2, 0.25) is 0 Å². The molecule has 0 spiro atoms. The number of hydrogen-bond donors (Lipinski definition) is 3. The van der Waals surface area contributed by atoms with E-state index in [1.807, 2.05) is 12.1 Å². The van der Waals surface area contributed by atoms with Crippen LogP contribution in [0.3, 0.4) is 0 Å². The van der Waals surface area contributed by atoms with E-state index in [-0.39, 0.29) is 0 Å². The molecule has 0 saturated carbocycles. The number of rotatable bonds is 3. The normalized spacial score (nSPS) is 10.4. The largest absolute Gasteiger partial charge is 0.309 e. The van der Waals surface area contributed by atoms with Crippen molar-refractivity contribution in [2.45, 2.75) is 0 Å². The summed E-state index contributed by atoms with van der Waals surface area (Å²) in [5.74, 6) is 1.24. The van der Waals surface area contributed by atoms with E-state index in [1.165, 1.54) is 0 Å². The third-order valence-corrected chi connectivity index (χ3v) is 2.18. The summed E-state index contributed by atoms with van der Waals surface area (Å²) in [6, 6.07) is 5.46. The molecule has 0 aliphatic heterocycles. The minimum Gasteiger partial charge on any atom is -0.309 e. The molecule has 7 heteroatoms. The van der Waals surface area contributed by atoms with Crippen LogP contribution in [-0.2, 0) is 0 Å². The number of aromatic amines is 2. The molecular weight excluding hydrogens is 218 g/mol. The molecule has 0 aliphatic rings. The molecule has 0 unspecified atom stereocenters. The van der Waals surface area contributed by atoms with Crippen LogP contribution in [0.1, 0.15) is 0 Å². The molecule has 3 rings (SSSR count). The van der Waals surface area contributed by atoms with E-state index in [0.29, 0.717) is 5.95 Å². The van der Waals surface area contributed by atoms with Gasteiger partial charge in [-0.1, -0.05) is 0 Å². The highest BCUT2D eigenvalue weighted by Gasteiger charge is 2.03. The lowest BCUT2D eigenvalue weighted by Gasteiger charge is -2.02. The van der Waals surface area contributed by atoms with Crippen molar-refractivity contribution >= 4 is 11.8 Å². The molecule has 7 nitrogen and oxygen atoms in total. The number of anilines is 2. The van der Waals surface area contributed by atoms with Gasteiger partial charge >= 0.3 is 0 Å². The zero-order chi connectivity index (χ0) is 11.5. The highest BCUT2D eigenvalue weighted by atomic mass is 15.2. The van der Waals surface area contributed by atoms with Gasteiger partial charge < -0.3 is 5.32 Å². The highest BCUT2D eigenvalue weighted by molar-refractivity contribution is 5.56. The van der Waals surface area contributed by atoms with Crippen LogP contribution < -0.4 is 5.32 Å². The van der Waals surface area contributed by atoms with Gasteiger partial charge in [0.15, 0.2) is 0 Å². The summed E-state index contributed by atoms with van der Waals surface area (Å²) in [6.45, 7) is 0. The second-order valence-corrected chi connectivity index (χ2v) is 3.33. The second-order valence-electron chi connectivity index (χ2n) is 3.33. The standard InChI is InChI=1S/C10H9N7/c1-4-11-10(15-9-3-6-13-17-9)14-7(1)8-2-5-12-16-8/h1-6H,(H,12,16)(H2,11,13,14,15,17). The van der Waals surface area contributed by atoms with Crippen molar-refractivity contribution in [1.82, 2.24) is 30.4 Å². The summed E-state index contributed by atoms with van der Waals surface area (Å²) >= 11 is 0. The Morgan fingerprint density at radius 2 is 1.82 bits per heavy atom. The zero-order valence-electron chi connectivity index (χ0n) is 8.75. The molecule has 84 valence electrons. The smallest absolute Gasteiger partial charge is 0.228 e. The summed E-state index contributed by atoms with van der Waals surface area (Å²) < 4.78 is 0. The van der Waals surface area contributed by atoms with E-state index < -0.39 is 0 Å². The van der Waals surface area contributed by atoms with E-state index >= 15 is 0 Å². The summed E-state index contributed by atoms with van der Waals surface area (Å²) in [7, 11) is 0. The SMILES string of the molecule is c1cc(Nc2nccc(-c3ccn[nH]3)n2)[nH]n1. The molecule has 0 bridgehead atoms. The number of aromatic nitrogens is 6. The molecular formula is C10H9N7. The third-order valence-electron chi connectivity index (χ3n) is 2.18. The fourth-order valence-electron chi connectivity index (χ4n) is 1.41. The van der Waals surface area contributed by atoms with Crippen LogP contribution in [0.4, 0.5) is 11.8 Å². The molecule has 3 heterocycles. The Bertz CT molecular complexity index is 585. The first-order chi connectivity index (χ1) is 8.42. The maximum absolute atomic E-state index is 4.35. The Hall–Kier alpha value is -2.70. The van der Waals surface area contributed by atoms with Crippen molar-refractivity contribution in [3.63, 3.8) is 0 Å². The molecule has 3 N–H and O–H groups in total. The lowest BCUT2D eigenvalue weighted by molar-refractivity contribution is 1.06. The summed E-state index contributed by atoms with van der Waals surface area (Å²) in [5, 5.41) is 16.4. The first-order valence-electron chi connectivity index (χ1n) is 5.01. The molecule has 3 aromatic heterocycles. The van der Waals surface area contributed by atoms with Crippen LogP contribution in [0, 0.1) is 0 Å². The lowest BCUT2D eigenvalue weighted by atomic mass is 10.3. The van der Waals surface area contributed by atoms with Gasteiger partial charge in [0, 0.05) is 18.5 Å². The first-order valence-corrected chi connectivity index (χ1v) is 5.01. The van der Waals surface area contributed by atoms with E-state index in [4.69, 9.17) is 0 Å². The Kier molecular flexibility index (Phi) is 2.27. The van der Waals surface area contributed by atoms with Gasteiger partial charge in [0.1, 0.15) is 5.82 Å². The molecule has 0 saturated heterocycles. The highest BCUT2D eigenvalue weighted by Crippen LogP contribution is 2.15. The Morgan fingerprint density at radius 3 is 2.59 bits per heavy atom. The van der Waals surface area contributed by atoms with Crippen molar-refractivity contribution < 1.29 is 0 Å². The van der Waals surface area contributed by atoms with E-state index in [9.17, 15) is 0 Å². The van der Waals surface area contributed by atoms with Crippen LogP contribution in [-0.4, -0.2) is 30.4 Å².